The topological polar surface area (TPSA) is 171 Å². The molecule has 0 saturated heterocycles. The van der Waals surface area contributed by atoms with Crippen LogP contribution in [-0.2, 0) is 25.6 Å². The number of nitrogens with one attached hydrogen (secondary N) is 3. The molecule has 0 heterocycles. The fourth-order valence-electron chi connectivity index (χ4n) is 3.00. The summed E-state index contributed by atoms with van der Waals surface area (Å²) in [6, 6.07) is 3.55. The minimum atomic E-state index is -1.19. The molecule has 0 spiro atoms. The SMILES string of the molecule is CCCC[C@H](NC(=O)[C@@H](NC(=O)[C@@H](N)Cc1ccc(O)cc1)C(C)C)C(=O)NCC(=O)O. The van der Waals surface area contributed by atoms with Gasteiger partial charge in [-0.1, -0.05) is 45.7 Å². The third-order valence-corrected chi connectivity index (χ3v) is 4.87. The summed E-state index contributed by atoms with van der Waals surface area (Å²) in [7, 11) is 0. The molecule has 0 aliphatic heterocycles. The van der Waals surface area contributed by atoms with Gasteiger partial charge in [0.05, 0.1) is 6.04 Å². The Morgan fingerprint density at radius 1 is 1.00 bits per heavy atom. The number of aliphatic carboxylic acids is 1. The number of carboxylic acids is 1. The smallest absolute Gasteiger partial charge is 0.322 e. The van der Waals surface area contributed by atoms with Crippen molar-refractivity contribution in [2.45, 2.75) is 64.6 Å². The van der Waals surface area contributed by atoms with Gasteiger partial charge in [-0.3, -0.25) is 19.2 Å². The molecular weight excluding hydrogens is 416 g/mol. The zero-order chi connectivity index (χ0) is 24.3. The quantitative estimate of drug-likeness (QED) is 0.250. The number of carboxylic acid groups (broad SMARTS) is 1. The van der Waals surface area contributed by atoms with Crippen molar-refractivity contribution >= 4 is 23.7 Å². The molecular formula is C22H34N4O6. The largest absolute Gasteiger partial charge is 0.508 e. The second kappa shape index (κ2) is 13.3. The lowest BCUT2D eigenvalue weighted by molar-refractivity contribution is -0.138. The van der Waals surface area contributed by atoms with Crippen LogP contribution in [0.25, 0.3) is 0 Å². The van der Waals surface area contributed by atoms with E-state index in [1.807, 2.05) is 6.92 Å². The molecule has 0 fully saturated rings. The normalized spacial score (nSPS) is 13.7. The van der Waals surface area contributed by atoms with E-state index in [4.69, 9.17) is 10.8 Å². The van der Waals surface area contributed by atoms with Crippen molar-refractivity contribution < 1.29 is 29.4 Å². The second-order valence-electron chi connectivity index (χ2n) is 8.02. The van der Waals surface area contributed by atoms with Gasteiger partial charge in [0.1, 0.15) is 24.4 Å². The van der Waals surface area contributed by atoms with Crippen molar-refractivity contribution in [1.29, 1.82) is 0 Å². The Labute approximate surface area is 187 Å². The molecule has 0 unspecified atom stereocenters. The van der Waals surface area contributed by atoms with Crippen molar-refractivity contribution in [3.05, 3.63) is 29.8 Å². The van der Waals surface area contributed by atoms with Crippen molar-refractivity contribution in [3.63, 3.8) is 0 Å². The Morgan fingerprint density at radius 2 is 1.62 bits per heavy atom. The zero-order valence-electron chi connectivity index (χ0n) is 18.8. The summed E-state index contributed by atoms with van der Waals surface area (Å²) >= 11 is 0. The molecule has 0 radical (unpaired) electrons. The van der Waals surface area contributed by atoms with Crippen LogP contribution < -0.4 is 21.7 Å². The number of amides is 3. The maximum absolute atomic E-state index is 12.9. The van der Waals surface area contributed by atoms with E-state index in [1.165, 1.54) is 12.1 Å². The number of phenolic OH excluding ortho intramolecular Hbond substituents is 1. The number of carbonyl (C=O) groups excluding carboxylic acids is 3. The van der Waals surface area contributed by atoms with Gasteiger partial charge in [-0.25, -0.2) is 0 Å². The molecule has 3 atom stereocenters. The number of unbranched alkanes of at least 4 members (excludes halogenated alkanes) is 1. The highest BCUT2D eigenvalue weighted by molar-refractivity contribution is 5.93. The van der Waals surface area contributed by atoms with E-state index in [9.17, 15) is 24.3 Å². The molecule has 1 rings (SSSR count). The Hall–Kier alpha value is -3.14. The number of hydrogen-bond acceptors (Lipinski definition) is 6. The van der Waals surface area contributed by atoms with Crippen LogP contribution in [0.1, 0.15) is 45.6 Å². The van der Waals surface area contributed by atoms with Crippen molar-refractivity contribution in [2.75, 3.05) is 6.54 Å². The minimum Gasteiger partial charge on any atom is -0.508 e. The van der Waals surface area contributed by atoms with Gasteiger partial charge >= 0.3 is 5.97 Å². The lowest BCUT2D eigenvalue weighted by Gasteiger charge is -2.26. The number of hydrogen-bond donors (Lipinski definition) is 6. The van der Waals surface area contributed by atoms with Crippen LogP contribution >= 0.6 is 0 Å². The van der Waals surface area contributed by atoms with Gasteiger partial charge in [0.25, 0.3) is 0 Å². The van der Waals surface area contributed by atoms with Crippen LogP contribution in [0, 0.1) is 5.92 Å². The molecule has 0 aromatic heterocycles. The van der Waals surface area contributed by atoms with E-state index in [2.05, 4.69) is 16.0 Å². The molecule has 3 amide bonds. The monoisotopic (exact) mass is 450 g/mol. The molecule has 10 heteroatoms. The van der Waals surface area contributed by atoms with Gasteiger partial charge in [-0.2, -0.15) is 0 Å². The molecule has 0 aliphatic rings. The van der Waals surface area contributed by atoms with Gasteiger partial charge < -0.3 is 31.9 Å². The average molecular weight is 451 g/mol. The van der Waals surface area contributed by atoms with Crippen molar-refractivity contribution in [3.8, 4) is 5.75 Å². The Kier molecular flexibility index (Phi) is 11.2. The molecule has 10 nitrogen and oxygen atoms in total. The molecule has 0 saturated carbocycles. The summed E-state index contributed by atoms with van der Waals surface area (Å²) < 4.78 is 0. The highest BCUT2D eigenvalue weighted by Gasteiger charge is 2.30. The lowest BCUT2D eigenvalue weighted by atomic mass is 10.00. The van der Waals surface area contributed by atoms with E-state index in [0.29, 0.717) is 12.8 Å². The Balaban J connectivity index is 2.80. The summed E-state index contributed by atoms with van der Waals surface area (Å²) in [6.07, 6.45) is 2.00. The standard InChI is InChI=1S/C22H34N4O6/c1-4-5-6-17(21(31)24-12-18(28)29)25-22(32)19(13(2)3)26-20(30)16(23)11-14-7-9-15(27)10-8-14/h7-10,13,16-17,19,27H,4-6,11-12,23H2,1-3H3,(H,24,31)(H,25,32)(H,26,30)(H,28,29)/t16-,17-,19-/m0/s1. The maximum Gasteiger partial charge on any atom is 0.322 e. The fraction of sp³-hybridized carbons (Fsp3) is 0.545. The minimum absolute atomic E-state index is 0.105. The first-order valence-corrected chi connectivity index (χ1v) is 10.7. The van der Waals surface area contributed by atoms with Crippen LogP contribution in [0.15, 0.2) is 24.3 Å². The van der Waals surface area contributed by atoms with Crippen LogP contribution in [-0.4, -0.2) is 58.6 Å². The summed E-state index contributed by atoms with van der Waals surface area (Å²) in [6.45, 7) is 4.89. The maximum atomic E-state index is 12.9. The molecule has 7 N–H and O–H groups in total. The Morgan fingerprint density at radius 3 is 2.16 bits per heavy atom. The van der Waals surface area contributed by atoms with Crippen LogP contribution in [0.2, 0.25) is 0 Å². The van der Waals surface area contributed by atoms with Gasteiger partial charge in [0.15, 0.2) is 0 Å². The van der Waals surface area contributed by atoms with Gasteiger partial charge in [-0.05, 0) is 36.5 Å². The predicted octanol–water partition coefficient (Wildman–Crippen LogP) is 0.279. The molecule has 32 heavy (non-hydrogen) atoms. The van der Waals surface area contributed by atoms with Crippen LogP contribution in [0.4, 0.5) is 0 Å². The first kappa shape index (κ1) is 26.9. The number of phenols is 1. The summed E-state index contributed by atoms with van der Waals surface area (Å²) in [5.41, 5.74) is 6.75. The number of aromatic hydroxyl groups is 1. The van der Waals surface area contributed by atoms with Crippen LogP contribution in [0.3, 0.4) is 0 Å². The molecule has 0 aliphatic carbocycles. The average Bonchev–Trinajstić information content (AvgIpc) is 2.73. The zero-order valence-corrected chi connectivity index (χ0v) is 18.8. The number of benzene rings is 1. The van der Waals surface area contributed by atoms with E-state index in [1.54, 1.807) is 26.0 Å². The third kappa shape index (κ3) is 9.34. The van der Waals surface area contributed by atoms with E-state index >= 15 is 0 Å². The highest BCUT2D eigenvalue weighted by Crippen LogP contribution is 2.11. The summed E-state index contributed by atoms with van der Waals surface area (Å²) in [5.74, 6) is -3.02. The van der Waals surface area contributed by atoms with E-state index in [0.717, 1.165) is 12.0 Å². The summed E-state index contributed by atoms with van der Waals surface area (Å²) in [5, 5.41) is 25.7. The molecule has 178 valence electrons. The van der Waals surface area contributed by atoms with E-state index < -0.39 is 48.4 Å². The van der Waals surface area contributed by atoms with Gasteiger partial charge in [0.2, 0.25) is 17.7 Å². The molecule has 1 aromatic rings. The first-order valence-electron chi connectivity index (χ1n) is 10.7. The first-order chi connectivity index (χ1) is 15.0. The van der Waals surface area contributed by atoms with Gasteiger partial charge in [-0.15, -0.1) is 0 Å². The predicted molar refractivity (Wildman–Crippen MR) is 119 cm³/mol. The number of rotatable bonds is 13. The van der Waals surface area contributed by atoms with Crippen molar-refractivity contribution in [2.24, 2.45) is 11.7 Å². The number of nitrogens with two attached hydrogens (primary N) is 1. The third-order valence-electron chi connectivity index (χ3n) is 4.87. The second-order valence-corrected chi connectivity index (χ2v) is 8.02. The highest BCUT2D eigenvalue weighted by atomic mass is 16.4. The molecule has 0 bridgehead atoms. The van der Waals surface area contributed by atoms with Crippen LogP contribution in [0.5, 0.6) is 5.75 Å². The fourth-order valence-corrected chi connectivity index (χ4v) is 3.00. The summed E-state index contributed by atoms with van der Waals surface area (Å²) in [4.78, 5) is 48.5. The van der Waals surface area contributed by atoms with Crippen molar-refractivity contribution in [1.82, 2.24) is 16.0 Å². The van der Waals surface area contributed by atoms with E-state index in [-0.39, 0.29) is 18.1 Å². The molecule has 1 aromatic carbocycles. The Bertz CT molecular complexity index is 781. The van der Waals surface area contributed by atoms with Gasteiger partial charge in [0, 0.05) is 0 Å². The number of carbonyl (C=O) groups is 4. The lowest BCUT2D eigenvalue weighted by Crippen LogP contribution is -2.57.